The van der Waals surface area contributed by atoms with E-state index in [1.807, 2.05) is 0 Å². The molecule has 6 nitrogen and oxygen atoms in total. The minimum Gasteiger partial charge on any atom is -0.493 e. The summed E-state index contributed by atoms with van der Waals surface area (Å²) >= 11 is 0. The molecule has 2 amide bonds. The standard InChI is InChI=1S/C20H22F2N2O4/c1-12(2)17(24-18(25)13-7-5-4-6-8-13)19(26)23-14-9-10-15(27-3)16(11-14)28-20(21)22/h4-12,17,20H,1-3H3,(H,23,26)(H,24,25)/t17-/m1/s1. The molecular weight excluding hydrogens is 370 g/mol. The molecule has 0 unspecified atom stereocenters. The third-order valence-corrected chi connectivity index (χ3v) is 3.92. The fraction of sp³-hybridized carbons (Fsp3) is 0.300. The molecule has 0 radical (unpaired) electrons. The molecule has 2 rings (SSSR count). The zero-order valence-electron chi connectivity index (χ0n) is 15.7. The molecule has 2 aromatic carbocycles. The number of ether oxygens (including phenoxy) is 2. The van der Waals surface area contributed by atoms with E-state index in [4.69, 9.17) is 4.74 Å². The number of amides is 2. The largest absolute Gasteiger partial charge is 0.493 e. The van der Waals surface area contributed by atoms with Crippen molar-refractivity contribution in [1.29, 1.82) is 0 Å². The Morgan fingerprint density at radius 3 is 2.25 bits per heavy atom. The summed E-state index contributed by atoms with van der Waals surface area (Å²) in [5, 5.41) is 5.31. The molecule has 2 aromatic rings. The average Bonchev–Trinajstić information content (AvgIpc) is 2.66. The number of halogens is 2. The first-order chi connectivity index (χ1) is 13.3. The van der Waals surface area contributed by atoms with Crippen LogP contribution < -0.4 is 20.1 Å². The number of nitrogens with one attached hydrogen (secondary N) is 2. The van der Waals surface area contributed by atoms with Gasteiger partial charge in [-0.15, -0.1) is 0 Å². The Morgan fingerprint density at radius 1 is 1.00 bits per heavy atom. The van der Waals surface area contributed by atoms with Crippen LogP contribution in [0.2, 0.25) is 0 Å². The van der Waals surface area contributed by atoms with Crippen molar-refractivity contribution in [3.8, 4) is 11.5 Å². The van der Waals surface area contributed by atoms with Gasteiger partial charge in [0, 0.05) is 17.3 Å². The van der Waals surface area contributed by atoms with E-state index in [0.29, 0.717) is 5.56 Å². The molecule has 0 aromatic heterocycles. The maximum atomic E-state index is 12.7. The van der Waals surface area contributed by atoms with Crippen LogP contribution in [0.15, 0.2) is 48.5 Å². The number of methoxy groups -OCH3 is 1. The monoisotopic (exact) mass is 392 g/mol. The fourth-order valence-corrected chi connectivity index (χ4v) is 2.51. The van der Waals surface area contributed by atoms with E-state index < -0.39 is 18.6 Å². The van der Waals surface area contributed by atoms with Gasteiger partial charge in [-0.3, -0.25) is 9.59 Å². The number of anilines is 1. The van der Waals surface area contributed by atoms with Crippen molar-refractivity contribution >= 4 is 17.5 Å². The van der Waals surface area contributed by atoms with Gasteiger partial charge in [0.2, 0.25) is 5.91 Å². The van der Waals surface area contributed by atoms with Gasteiger partial charge >= 0.3 is 6.61 Å². The van der Waals surface area contributed by atoms with Crippen molar-refractivity contribution in [3.05, 3.63) is 54.1 Å². The average molecular weight is 392 g/mol. The van der Waals surface area contributed by atoms with E-state index in [2.05, 4.69) is 15.4 Å². The van der Waals surface area contributed by atoms with Gasteiger partial charge in [-0.2, -0.15) is 8.78 Å². The second kappa shape index (κ2) is 9.68. The lowest BCUT2D eigenvalue weighted by molar-refractivity contribution is -0.118. The third kappa shape index (κ3) is 5.67. The van der Waals surface area contributed by atoms with E-state index in [1.54, 1.807) is 44.2 Å². The number of alkyl halides is 2. The predicted molar refractivity (Wildman–Crippen MR) is 101 cm³/mol. The Hall–Kier alpha value is -3.16. The first kappa shape index (κ1) is 21.1. The number of hydrogen-bond acceptors (Lipinski definition) is 4. The number of rotatable bonds is 8. The Balaban J connectivity index is 2.14. The molecule has 0 heterocycles. The summed E-state index contributed by atoms with van der Waals surface area (Å²) in [6.07, 6.45) is 0. The van der Waals surface area contributed by atoms with Gasteiger partial charge in [-0.1, -0.05) is 32.0 Å². The van der Waals surface area contributed by atoms with E-state index in [9.17, 15) is 18.4 Å². The van der Waals surface area contributed by atoms with Crippen molar-refractivity contribution < 1.29 is 27.8 Å². The van der Waals surface area contributed by atoms with E-state index in [-0.39, 0.29) is 29.0 Å². The minimum absolute atomic E-state index is 0.107. The molecule has 0 saturated heterocycles. The molecule has 0 aliphatic rings. The summed E-state index contributed by atoms with van der Waals surface area (Å²) in [6, 6.07) is 11.8. The summed E-state index contributed by atoms with van der Waals surface area (Å²) in [5.74, 6) is -1.16. The van der Waals surface area contributed by atoms with Gasteiger partial charge in [0.05, 0.1) is 7.11 Å². The molecule has 0 bridgehead atoms. The van der Waals surface area contributed by atoms with Crippen molar-refractivity contribution in [1.82, 2.24) is 5.32 Å². The predicted octanol–water partition coefficient (Wildman–Crippen LogP) is 3.69. The van der Waals surface area contributed by atoms with Crippen LogP contribution in [-0.4, -0.2) is 31.6 Å². The van der Waals surface area contributed by atoms with Gasteiger partial charge in [0.15, 0.2) is 11.5 Å². The zero-order chi connectivity index (χ0) is 20.7. The third-order valence-electron chi connectivity index (χ3n) is 3.92. The maximum absolute atomic E-state index is 12.7. The highest BCUT2D eigenvalue weighted by molar-refractivity contribution is 6.01. The highest BCUT2D eigenvalue weighted by atomic mass is 19.3. The number of carbonyl (C=O) groups is 2. The van der Waals surface area contributed by atoms with Gasteiger partial charge in [0.25, 0.3) is 5.91 Å². The van der Waals surface area contributed by atoms with E-state index in [0.717, 1.165) is 0 Å². The molecule has 0 fully saturated rings. The first-order valence-corrected chi connectivity index (χ1v) is 8.61. The second-order valence-electron chi connectivity index (χ2n) is 6.29. The molecular formula is C20H22F2N2O4. The van der Waals surface area contributed by atoms with Crippen molar-refractivity contribution in [3.63, 3.8) is 0 Å². The molecule has 8 heteroatoms. The van der Waals surface area contributed by atoms with Crippen LogP contribution in [0.3, 0.4) is 0 Å². The van der Waals surface area contributed by atoms with Gasteiger partial charge in [-0.25, -0.2) is 0 Å². The highest BCUT2D eigenvalue weighted by Crippen LogP contribution is 2.31. The summed E-state index contributed by atoms with van der Waals surface area (Å²) in [5.41, 5.74) is 0.666. The summed E-state index contributed by atoms with van der Waals surface area (Å²) in [4.78, 5) is 25.0. The van der Waals surface area contributed by atoms with Gasteiger partial charge in [0.1, 0.15) is 6.04 Å². The van der Waals surface area contributed by atoms with Gasteiger partial charge in [-0.05, 0) is 30.2 Å². The van der Waals surface area contributed by atoms with Crippen LogP contribution in [0.25, 0.3) is 0 Å². The molecule has 0 aliphatic carbocycles. The number of benzene rings is 2. The first-order valence-electron chi connectivity index (χ1n) is 8.61. The smallest absolute Gasteiger partial charge is 0.387 e. The lowest BCUT2D eigenvalue weighted by Gasteiger charge is -2.22. The van der Waals surface area contributed by atoms with Gasteiger partial charge < -0.3 is 20.1 Å². The number of hydrogen-bond donors (Lipinski definition) is 2. The van der Waals surface area contributed by atoms with Crippen LogP contribution >= 0.6 is 0 Å². The Kier molecular flexibility index (Phi) is 7.31. The summed E-state index contributed by atoms with van der Waals surface area (Å²) in [7, 11) is 1.32. The summed E-state index contributed by atoms with van der Waals surface area (Å²) in [6.45, 7) is 0.539. The fourth-order valence-electron chi connectivity index (χ4n) is 2.51. The molecule has 2 N–H and O–H groups in total. The van der Waals surface area contributed by atoms with E-state index >= 15 is 0 Å². The molecule has 0 aliphatic heterocycles. The van der Waals surface area contributed by atoms with Crippen molar-refractivity contribution in [2.75, 3.05) is 12.4 Å². The SMILES string of the molecule is COc1ccc(NC(=O)[C@H](NC(=O)c2ccccc2)C(C)C)cc1OC(F)F. The normalized spacial score (nSPS) is 11.8. The lowest BCUT2D eigenvalue weighted by atomic mass is 10.0. The van der Waals surface area contributed by atoms with Crippen LogP contribution in [0.4, 0.5) is 14.5 Å². The lowest BCUT2D eigenvalue weighted by Crippen LogP contribution is -2.47. The Morgan fingerprint density at radius 2 is 1.68 bits per heavy atom. The van der Waals surface area contributed by atoms with Crippen molar-refractivity contribution in [2.24, 2.45) is 5.92 Å². The van der Waals surface area contributed by atoms with Crippen LogP contribution in [0.5, 0.6) is 11.5 Å². The molecule has 0 saturated carbocycles. The van der Waals surface area contributed by atoms with Crippen LogP contribution in [0, 0.1) is 5.92 Å². The Bertz CT molecular complexity index is 813. The van der Waals surface area contributed by atoms with Crippen LogP contribution in [-0.2, 0) is 4.79 Å². The van der Waals surface area contributed by atoms with Crippen LogP contribution in [0.1, 0.15) is 24.2 Å². The minimum atomic E-state index is -3.03. The highest BCUT2D eigenvalue weighted by Gasteiger charge is 2.25. The summed E-state index contributed by atoms with van der Waals surface area (Å²) < 4.78 is 34.5. The molecule has 28 heavy (non-hydrogen) atoms. The van der Waals surface area contributed by atoms with E-state index in [1.165, 1.54) is 25.3 Å². The maximum Gasteiger partial charge on any atom is 0.387 e. The topological polar surface area (TPSA) is 76.7 Å². The second-order valence-corrected chi connectivity index (χ2v) is 6.29. The molecule has 0 spiro atoms. The quantitative estimate of drug-likeness (QED) is 0.718. The number of carbonyl (C=O) groups excluding carboxylic acids is 2. The van der Waals surface area contributed by atoms with Crippen molar-refractivity contribution in [2.45, 2.75) is 26.5 Å². The molecule has 1 atom stereocenters. The molecule has 150 valence electrons. The Labute approximate surface area is 161 Å². The zero-order valence-corrected chi connectivity index (χ0v) is 15.7.